The standard InChI is InChI=1S/C23H18O2/c24-21-11-7-17(8-12-21)23(18-9-13-22(25)14-10-18)20-6-5-16-3-1-2-4-19(16)15-20/h1-15,23-25H. The Morgan fingerprint density at radius 3 is 1.52 bits per heavy atom. The van der Waals surface area contributed by atoms with Crippen molar-refractivity contribution in [3.63, 3.8) is 0 Å². The Labute approximate surface area is 146 Å². The Kier molecular flexibility index (Phi) is 3.87. The van der Waals surface area contributed by atoms with Crippen LogP contribution in [0.25, 0.3) is 10.8 Å². The number of aromatic hydroxyl groups is 2. The average molecular weight is 326 g/mol. The van der Waals surface area contributed by atoms with Gasteiger partial charge in [-0.1, -0.05) is 66.7 Å². The maximum Gasteiger partial charge on any atom is 0.115 e. The van der Waals surface area contributed by atoms with Crippen LogP contribution in [0.3, 0.4) is 0 Å². The molecule has 0 saturated heterocycles. The van der Waals surface area contributed by atoms with Crippen LogP contribution in [0.15, 0.2) is 91.0 Å². The molecule has 0 aliphatic rings. The van der Waals surface area contributed by atoms with Crippen molar-refractivity contribution >= 4 is 10.8 Å². The van der Waals surface area contributed by atoms with Gasteiger partial charge in [0.15, 0.2) is 0 Å². The van der Waals surface area contributed by atoms with Gasteiger partial charge in [-0.25, -0.2) is 0 Å². The molecule has 0 amide bonds. The molecular formula is C23H18O2. The van der Waals surface area contributed by atoms with E-state index in [1.807, 2.05) is 36.4 Å². The Morgan fingerprint density at radius 1 is 0.480 bits per heavy atom. The van der Waals surface area contributed by atoms with Crippen molar-refractivity contribution in [2.24, 2.45) is 0 Å². The molecule has 0 unspecified atom stereocenters. The first kappa shape index (κ1) is 15.3. The second-order valence-electron chi connectivity index (χ2n) is 6.22. The highest BCUT2D eigenvalue weighted by Gasteiger charge is 2.17. The van der Waals surface area contributed by atoms with Crippen LogP contribution >= 0.6 is 0 Å². The molecule has 4 aromatic carbocycles. The normalized spacial score (nSPS) is 11.1. The van der Waals surface area contributed by atoms with E-state index in [0.29, 0.717) is 0 Å². The predicted molar refractivity (Wildman–Crippen MR) is 101 cm³/mol. The highest BCUT2D eigenvalue weighted by atomic mass is 16.3. The maximum absolute atomic E-state index is 9.62. The number of fused-ring (bicyclic) bond motifs is 1. The van der Waals surface area contributed by atoms with Crippen molar-refractivity contribution in [2.45, 2.75) is 5.92 Å². The quantitative estimate of drug-likeness (QED) is 0.493. The lowest BCUT2D eigenvalue weighted by atomic mass is 9.84. The van der Waals surface area contributed by atoms with Gasteiger partial charge in [0, 0.05) is 5.92 Å². The molecule has 4 rings (SSSR count). The molecule has 0 aliphatic carbocycles. The lowest BCUT2D eigenvalue weighted by molar-refractivity contribution is 0.475. The van der Waals surface area contributed by atoms with E-state index in [2.05, 4.69) is 30.3 Å². The van der Waals surface area contributed by atoms with Gasteiger partial charge in [0.2, 0.25) is 0 Å². The summed E-state index contributed by atoms with van der Waals surface area (Å²) in [4.78, 5) is 0. The van der Waals surface area contributed by atoms with Crippen LogP contribution in [0.5, 0.6) is 11.5 Å². The summed E-state index contributed by atoms with van der Waals surface area (Å²) in [6.45, 7) is 0. The molecular weight excluding hydrogens is 308 g/mol. The van der Waals surface area contributed by atoms with Gasteiger partial charge in [-0.2, -0.15) is 0 Å². The third kappa shape index (κ3) is 3.07. The van der Waals surface area contributed by atoms with Gasteiger partial charge >= 0.3 is 0 Å². The van der Waals surface area contributed by atoms with Crippen molar-refractivity contribution < 1.29 is 10.2 Å². The van der Waals surface area contributed by atoms with Crippen LogP contribution in [0.1, 0.15) is 22.6 Å². The molecule has 0 aliphatic heterocycles. The van der Waals surface area contributed by atoms with E-state index in [1.54, 1.807) is 24.3 Å². The third-order valence-electron chi connectivity index (χ3n) is 4.56. The average Bonchev–Trinajstić information content (AvgIpc) is 2.65. The minimum Gasteiger partial charge on any atom is -0.508 e. The third-order valence-corrected chi connectivity index (χ3v) is 4.56. The summed E-state index contributed by atoms with van der Waals surface area (Å²) >= 11 is 0. The Hall–Kier alpha value is -3.26. The molecule has 2 heteroatoms. The number of benzene rings is 4. The van der Waals surface area contributed by atoms with Crippen LogP contribution in [0.2, 0.25) is 0 Å². The lowest BCUT2D eigenvalue weighted by Crippen LogP contribution is -2.03. The second-order valence-corrected chi connectivity index (χ2v) is 6.22. The number of rotatable bonds is 3. The maximum atomic E-state index is 9.62. The van der Waals surface area contributed by atoms with Crippen LogP contribution in [-0.2, 0) is 0 Å². The molecule has 4 aromatic rings. The molecule has 0 heterocycles. The second kappa shape index (κ2) is 6.33. The summed E-state index contributed by atoms with van der Waals surface area (Å²) in [5, 5.41) is 21.7. The highest BCUT2D eigenvalue weighted by Crippen LogP contribution is 2.34. The van der Waals surface area contributed by atoms with E-state index in [4.69, 9.17) is 0 Å². The molecule has 122 valence electrons. The van der Waals surface area contributed by atoms with Gasteiger partial charge in [-0.3, -0.25) is 0 Å². The number of phenols is 2. The molecule has 0 atom stereocenters. The largest absolute Gasteiger partial charge is 0.508 e. The zero-order valence-corrected chi connectivity index (χ0v) is 13.6. The zero-order valence-electron chi connectivity index (χ0n) is 13.6. The van der Waals surface area contributed by atoms with Gasteiger partial charge in [0.25, 0.3) is 0 Å². The summed E-state index contributed by atoms with van der Waals surface area (Å²) in [6.07, 6.45) is 0. The summed E-state index contributed by atoms with van der Waals surface area (Å²) in [6, 6.07) is 29.4. The van der Waals surface area contributed by atoms with Crippen molar-refractivity contribution in [3.05, 3.63) is 108 Å². The first-order valence-electron chi connectivity index (χ1n) is 8.27. The molecule has 0 aromatic heterocycles. The van der Waals surface area contributed by atoms with Crippen LogP contribution in [0.4, 0.5) is 0 Å². The summed E-state index contributed by atoms with van der Waals surface area (Å²) in [5.74, 6) is 0.546. The van der Waals surface area contributed by atoms with Crippen molar-refractivity contribution in [1.82, 2.24) is 0 Å². The topological polar surface area (TPSA) is 40.5 Å². The van der Waals surface area contributed by atoms with Gasteiger partial charge < -0.3 is 10.2 Å². The molecule has 2 N–H and O–H groups in total. The number of hydrogen-bond acceptors (Lipinski definition) is 2. The summed E-state index contributed by atoms with van der Waals surface area (Å²) in [7, 11) is 0. The minimum atomic E-state index is 0.0332. The van der Waals surface area contributed by atoms with Crippen LogP contribution in [0, 0.1) is 0 Å². The lowest BCUT2D eigenvalue weighted by Gasteiger charge is -2.19. The van der Waals surface area contributed by atoms with E-state index in [1.165, 1.54) is 16.3 Å². The Morgan fingerprint density at radius 2 is 0.960 bits per heavy atom. The fourth-order valence-corrected chi connectivity index (χ4v) is 3.30. The summed E-state index contributed by atoms with van der Waals surface area (Å²) in [5.41, 5.74) is 3.37. The molecule has 25 heavy (non-hydrogen) atoms. The molecule has 0 bridgehead atoms. The minimum absolute atomic E-state index is 0.0332. The van der Waals surface area contributed by atoms with E-state index in [-0.39, 0.29) is 17.4 Å². The molecule has 0 saturated carbocycles. The van der Waals surface area contributed by atoms with Gasteiger partial charge in [0.1, 0.15) is 11.5 Å². The van der Waals surface area contributed by atoms with Crippen LogP contribution in [-0.4, -0.2) is 10.2 Å². The predicted octanol–water partition coefficient (Wildman–Crippen LogP) is 5.43. The smallest absolute Gasteiger partial charge is 0.115 e. The van der Waals surface area contributed by atoms with Crippen molar-refractivity contribution in [3.8, 4) is 11.5 Å². The van der Waals surface area contributed by atoms with E-state index in [9.17, 15) is 10.2 Å². The molecule has 0 radical (unpaired) electrons. The SMILES string of the molecule is Oc1ccc(C(c2ccc(O)cc2)c2ccc3ccccc3c2)cc1. The van der Waals surface area contributed by atoms with Gasteiger partial charge in [0.05, 0.1) is 0 Å². The van der Waals surface area contributed by atoms with E-state index < -0.39 is 0 Å². The fraction of sp³-hybridized carbons (Fsp3) is 0.0435. The van der Waals surface area contributed by atoms with E-state index >= 15 is 0 Å². The highest BCUT2D eigenvalue weighted by molar-refractivity contribution is 5.83. The fourth-order valence-electron chi connectivity index (χ4n) is 3.30. The van der Waals surface area contributed by atoms with Gasteiger partial charge in [-0.15, -0.1) is 0 Å². The number of hydrogen-bond donors (Lipinski definition) is 2. The molecule has 0 spiro atoms. The Balaban J connectivity index is 1.88. The summed E-state index contributed by atoms with van der Waals surface area (Å²) < 4.78 is 0. The van der Waals surface area contributed by atoms with E-state index in [0.717, 1.165) is 11.1 Å². The zero-order chi connectivity index (χ0) is 17.2. The van der Waals surface area contributed by atoms with Gasteiger partial charge in [-0.05, 0) is 51.7 Å². The van der Waals surface area contributed by atoms with Crippen molar-refractivity contribution in [1.29, 1.82) is 0 Å². The monoisotopic (exact) mass is 326 g/mol. The first-order chi connectivity index (χ1) is 12.2. The first-order valence-corrected chi connectivity index (χ1v) is 8.27. The molecule has 2 nitrogen and oxygen atoms in total. The number of phenolic OH excluding ortho intramolecular Hbond substituents is 2. The van der Waals surface area contributed by atoms with Crippen molar-refractivity contribution in [2.75, 3.05) is 0 Å². The molecule has 0 fully saturated rings. The van der Waals surface area contributed by atoms with Crippen LogP contribution < -0.4 is 0 Å². The Bertz CT molecular complexity index is 957.